The third-order valence-corrected chi connectivity index (χ3v) is 1.74. The monoisotopic (exact) mass is 171 g/mol. The van der Waals surface area contributed by atoms with Gasteiger partial charge >= 0.3 is 0 Å². The van der Waals surface area contributed by atoms with Gasteiger partial charge in [-0.15, -0.1) is 11.6 Å². The van der Waals surface area contributed by atoms with Gasteiger partial charge in [-0.05, 0) is 0 Å². The van der Waals surface area contributed by atoms with Crippen LogP contribution in [0.3, 0.4) is 0 Å². The van der Waals surface area contributed by atoms with Crippen molar-refractivity contribution in [3.05, 3.63) is 18.0 Å². The number of aromatic nitrogens is 1. The smallest absolute Gasteiger partial charge is 0.231 e. The summed E-state index contributed by atoms with van der Waals surface area (Å²) in [5, 5.41) is 0. The minimum Gasteiger partial charge on any atom is -0.453 e. The van der Waals surface area contributed by atoms with Crippen LogP contribution in [-0.2, 0) is 5.88 Å². The van der Waals surface area contributed by atoms with E-state index in [9.17, 15) is 0 Å². The Morgan fingerprint density at radius 3 is 3.27 bits per heavy atom. The molecule has 0 fully saturated rings. The van der Waals surface area contributed by atoms with Crippen LogP contribution in [0.1, 0.15) is 5.69 Å². The number of hydrogen-bond donors (Lipinski definition) is 0. The first kappa shape index (κ1) is 6.73. The lowest BCUT2D eigenvalue weighted by Crippen LogP contribution is -1.94. The normalized spacial score (nSPS) is 13.5. The van der Waals surface area contributed by atoms with Crippen molar-refractivity contribution in [3.63, 3.8) is 0 Å². The molecule has 0 spiro atoms. The van der Waals surface area contributed by atoms with E-state index in [1.54, 1.807) is 12.3 Å². The Labute approximate surface area is 68.9 Å². The van der Waals surface area contributed by atoms with Gasteiger partial charge in [0.1, 0.15) is 5.69 Å². The lowest BCUT2D eigenvalue weighted by molar-refractivity contribution is 0.173. The molecule has 0 aromatic carbocycles. The molecule has 11 heavy (non-hydrogen) atoms. The van der Waals surface area contributed by atoms with Crippen molar-refractivity contribution in [2.75, 3.05) is 6.79 Å². The van der Waals surface area contributed by atoms with E-state index < -0.39 is 0 Å². The molecular weight excluding hydrogens is 166 g/mol. The van der Waals surface area contributed by atoms with Crippen molar-refractivity contribution in [2.24, 2.45) is 0 Å². The van der Waals surface area contributed by atoms with Crippen LogP contribution in [0.2, 0.25) is 0 Å². The first-order valence-corrected chi connectivity index (χ1v) is 3.74. The molecule has 0 atom stereocenters. The topological polar surface area (TPSA) is 31.4 Å². The third-order valence-electron chi connectivity index (χ3n) is 1.49. The zero-order chi connectivity index (χ0) is 7.68. The van der Waals surface area contributed by atoms with Gasteiger partial charge in [0.25, 0.3) is 0 Å². The highest BCUT2D eigenvalue weighted by molar-refractivity contribution is 6.17. The van der Waals surface area contributed by atoms with Gasteiger partial charge in [0.15, 0.2) is 11.5 Å². The Bertz CT molecular complexity index is 277. The molecule has 1 aliphatic heterocycles. The number of rotatable bonds is 1. The largest absolute Gasteiger partial charge is 0.453 e. The molecule has 0 aliphatic carbocycles. The fourth-order valence-corrected chi connectivity index (χ4v) is 1.18. The van der Waals surface area contributed by atoms with Crippen LogP contribution >= 0.6 is 11.6 Å². The summed E-state index contributed by atoms with van der Waals surface area (Å²) in [6.07, 6.45) is 1.66. The maximum absolute atomic E-state index is 5.61. The number of hydrogen-bond acceptors (Lipinski definition) is 3. The molecule has 0 amide bonds. The van der Waals surface area contributed by atoms with Crippen molar-refractivity contribution in [3.8, 4) is 11.5 Å². The second kappa shape index (κ2) is 2.58. The van der Waals surface area contributed by atoms with E-state index in [2.05, 4.69) is 4.98 Å². The van der Waals surface area contributed by atoms with Gasteiger partial charge in [0, 0.05) is 12.3 Å². The van der Waals surface area contributed by atoms with Gasteiger partial charge in [0.05, 0.1) is 5.88 Å². The maximum Gasteiger partial charge on any atom is 0.231 e. The molecule has 0 saturated carbocycles. The predicted octanol–water partition coefficient (Wildman–Crippen LogP) is 1.55. The number of pyridine rings is 1. The summed E-state index contributed by atoms with van der Waals surface area (Å²) >= 11 is 5.61. The minimum absolute atomic E-state index is 0.269. The van der Waals surface area contributed by atoms with Crippen molar-refractivity contribution in [2.45, 2.75) is 5.88 Å². The molecule has 1 aromatic rings. The summed E-state index contributed by atoms with van der Waals surface area (Å²) in [6, 6.07) is 1.76. The number of alkyl halides is 1. The molecule has 3 nitrogen and oxygen atoms in total. The Balaban J connectivity index is 2.50. The van der Waals surface area contributed by atoms with Gasteiger partial charge in [-0.3, -0.25) is 4.98 Å². The summed E-state index contributed by atoms with van der Waals surface area (Å²) in [6.45, 7) is 0.269. The molecule has 1 aliphatic rings. The Morgan fingerprint density at radius 2 is 2.45 bits per heavy atom. The van der Waals surface area contributed by atoms with Gasteiger partial charge < -0.3 is 9.47 Å². The highest BCUT2D eigenvalue weighted by Gasteiger charge is 2.17. The highest BCUT2D eigenvalue weighted by Crippen LogP contribution is 2.34. The highest BCUT2D eigenvalue weighted by atomic mass is 35.5. The van der Waals surface area contributed by atoms with Gasteiger partial charge in [0.2, 0.25) is 6.79 Å². The van der Waals surface area contributed by atoms with Crippen LogP contribution in [0.5, 0.6) is 11.5 Å². The van der Waals surface area contributed by atoms with E-state index in [4.69, 9.17) is 21.1 Å². The van der Waals surface area contributed by atoms with Gasteiger partial charge in [-0.25, -0.2) is 0 Å². The van der Waals surface area contributed by atoms with Crippen molar-refractivity contribution in [1.82, 2.24) is 4.98 Å². The Morgan fingerprint density at radius 1 is 1.55 bits per heavy atom. The molecule has 4 heteroatoms. The molecule has 0 saturated heterocycles. The van der Waals surface area contributed by atoms with Crippen LogP contribution in [-0.4, -0.2) is 11.8 Å². The van der Waals surface area contributed by atoms with E-state index in [-0.39, 0.29) is 6.79 Å². The fraction of sp³-hybridized carbons (Fsp3) is 0.286. The number of fused-ring (bicyclic) bond motifs is 1. The zero-order valence-electron chi connectivity index (χ0n) is 5.71. The SMILES string of the molecule is ClCc1nccc2c1OCO2. The number of nitrogens with zero attached hydrogens (tertiary/aromatic N) is 1. The number of ether oxygens (including phenoxy) is 2. The average Bonchev–Trinajstić information content (AvgIpc) is 2.50. The zero-order valence-corrected chi connectivity index (χ0v) is 6.47. The van der Waals surface area contributed by atoms with Crippen LogP contribution in [0.25, 0.3) is 0 Å². The van der Waals surface area contributed by atoms with Crippen molar-refractivity contribution in [1.29, 1.82) is 0 Å². The quantitative estimate of drug-likeness (QED) is 0.601. The molecule has 0 radical (unpaired) electrons. The fourth-order valence-electron chi connectivity index (χ4n) is 0.987. The molecule has 0 N–H and O–H groups in total. The van der Waals surface area contributed by atoms with E-state index >= 15 is 0 Å². The molecule has 2 rings (SSSR count). The summed E-state index contributed by atoms with van der Waals surface area (Å²) in [5.41, 5.74) is 0.738. The second-order valence-electron chi connectivity index (χ2n) is 2.13. The average molecular weight is 172 g/mol. The summed E-state index contributed by atoms with van der Waals surface area (Å²) in [5.74, 6) is 1.77. The minimum atomic E-state index is 0.269. The predicted molar refractivity (Wildman–Crippen MR) is 39.9 cm³/mol. The standard InChI is InChI=1S/C7H6ClNO2/c8-3-5-7-6(1-2-9-5)10-4-11-7/h1-2H,3-4H2. The Kier molecular flexibility index (Phi) is 1.58. The summed E-state index contributed by atoms with van der Waals surface area (Å²) in [7, 11) is 0. The van der Waals surface area contributed by atoms with E-state index in [1.165, 1.54) is 0 Å². The van der Waals surface area contributed by atoms with Crippen LogP contribution in [0.4, 0.5) is 0 Å². The molecule has 0 bridgehead atoms. The molecule has 58 valence electrons. The summed E-state index contributed by atoms with van der Waals surface area (Å²) in [4.78, 5) is 4.03. The van der Waals surface area contributed by atoms with Crippen molar-refractivity contribution < 1.29 is 9.47 Å². The molecule has 0 unspecified atom stereocenters. The lowest BCUT2D eigenvalue weighted by atomic mass is 10.3. The Hall–Kier alpha value is -0.960. The van der Waals surface area contributed by atoms with E-state index in [0.717, 1.165) is 11.4 Å². The first-order chi connectivity index (χ1) is 5.42. The van der Waals surface area contributed by atoms with Crippen LogP contribution < -0.4 is 9.47 Å². The van der Waals surface area contributed by atoms with Gasteiger partial charge in [-0.2, -0.15) is 0 Å². The second-order valence-corrected chi connectivity index (χ2v) is 2.39. The molecule has 2 heterocycles. The maximum atomic E-state index is 5.61. The van der Waals surface area contributed by atoms with E-state index in [1.807, 2.05) is 0 Å². The van der Waals surface area contributed by atoms with Crippen LogP contribution in [0, 0.1) is 0 Å². The van der Waals surface area contributed by atoms with Gasteiger partial charge in [-0.1, -0.05) is 0 Å². The van der Waals surface area contributed by atoms with E-state index in [0.29, 0.717) is 11.6 Å². The molecular formula is C7H6ClNO2. The number of halogens is 1. The first-order valence-electron chi connectivity index (χ1n) is 3.21. The lowest BCUT2D eigenvalue weighted by Gasteiger charge is -1.98. The molecule has 1 aromatic heterocycles. The third kappa shape index (κ3) is 1.01. The summed E-state index contributed by atoms with van der Waals surface area (Å²) < 4.78 is 10.3. The van der Waals surface area contributed by atoms with Crippen molar-refractivity contribution >= 4 is 11.6 Å². The van der Waals surface area contributed by atoms with Crippen LogP contribution in [0.15, 0.2) is 12.3 Å².